The average molecular weight is 321 g/mol. The van der Waals surface area contributed by atoms with Gasteiger partial charge >= 0.3 is 0 Å². The molecule has 0 atom stereocenters. The fourth-order valence-corrected chi connectivity index (χ4v) is 2.29. The summed E-state index contributed by atoms with van der Waals surface area (Å²) in [6.07, 6.45) is 0. The van der Waals surface area contributed by atoms with Gasteiger partial charge in [-0.15, -0.1) is 0 Å². The van der Waals surface area contributed by atoms with Gasteiger partial charge in [-0.2, -0.15) is 0 Å². The molecule has 7 heteroatoms. The fraction of sp³-hybridized carbons (Fsp3) is 0.462. The highest BCUT2D eigenvalue weighted by Gasteiger charge is 2.23. The summed E-state index contributed by atoms with van der Waals surface area (Å²) in [6, 6.07) is 1.48. The van der Waals surface area contributed by atoms with Crippen molar-refractivity contribution in [2.24, 2.45) is 0 Å². The van der Waals surface area contributed by atoms with E-state index in [9.17, 15) is 4.79 Å². The van der Waals surface area contributed by atoms with Gasteiger partial charge in [-0.1, -0.05) is 23.2 Å². The lowest BCUT2D eigenvalue weighted by Gasteiger charge is -2.16. The standard InChI is InChI=1S/C13H18Cl2N2O3/c1-17(2)6-5-16-13(18)10-11(19-3)8(14)7-9(15)12(10)20-4/h7H,5-6H2,1-4H3,(H,16,18). The van der Waals surface area contributed by atoms with Gasteiger partial charge in [0.05, 0.1) is 24.3 Å². The van der Waals surface area contributed by atoms with E-state index in [4.69, 9.17) is 32.7 Å². The van der Waals surface area contributed by atoms with Gasteiger partial charge in [-0.05, 0) is 20.2 Å². The Labute approximate surface area is 128 Å². The van der Waals surface area contributed by atoms with E-state index >= 15 is 0 Å². The molecule has 0 aromatic heterocycles. The first kappa shape index (κ1) is 16.9. The molecule has 1 aromatic rings. The number of likely N-dealkylation sites (N-methyl/N-ethyl adjacent to an activating group) is 1. The van der Waals surface area contributed by atoms with E-state index in [-0.39, 0.29) is 33.0 Å². The molecule has 112 valence electrons. The molecule has 0 heterocycles. The number of carbonyl (C=O) groups is 1. The van der Waals surface area contributed by atoms with Crippen LogP contribution in [0.15, 0.2) is 6.07 Å². The molecule has 5 nitrogen and oxygen atoms in total. The summed E-state index contributed by atoms with van der Waals surface area (Å²) in [6.45, 7) is 1.20. The van der Waals surface area contributed by atoms with Crippen molar-refractivity contribution in [2.75, 3.05) is 41.4 Å². The third-order valence-corrected chi connectivity index (χ3v) is 3.18. The van der Waals surface area contributed by atoms with Crippen LogP contribution in [0.4, 0.5) is 0 Å². The largest absolute Gasteiger partial charge is 0.494 e. The maximum atomic E-state index is 12.3. The first-order valence-electron chi connectivity index (χ1n) is 5.95. The second kappa shape index (κ2) is 7.57. The van der Waals surface area contributed by atoms with Gasteiger partial charge in [0.25, 0.3) is 5.91 Å². The van der Waals surface area contributed by atoms with E-state index in [0.29, 0.717) is 13.1 Å². The summed E-state index contributed by atoms with van der Waals surface area (Å²) in [7, 11) is 6.71. The maximum Gasteiger partial charge on any atom is 0.259 e. The smallest absolute Gasteiger partial charge is 0.259 e. The van der Waals surface area contributed by atoms with Crippen molar-refractivity contribution in [2.45, 2.75) is 0 Å². The number of nitrogens with zero attached hydrogens (tertiary/aromatic N) is 1. The lowest BCUT2D eigenvalue weighted by Crippen LogP contribution is -2.31. The average Bonchev–Trinajstić information content (AvgIpc) is 2.37. The first-order chi connectivity index (χ1) is 9.42. The highest BCUT2D eigenvalue weighted by atomic mass is 35.5. The Balaban J connectivity index is 3.10. The molecule has 0 unspecified atom stereocenters. The molecule has 1 rings (SSSR count). The molecular formula is C13H18Cl2N2O3. The van der Waals surface area contributed by atoms with Gasteiger partial charge in [0.1, 0.15) is 5.56 Å². The van der Waals surface area contributed by atoms with Crippen molar-refractivity contribution in [1.82, 2.24) is 10.2 Å². The zero-order chi connectivity index (χ0) is 15.3. The lowest BCUT2D eigenvalue weighted by atomic mass is 10.1. The molecule has 1 aromatic carbocycles. The van der Waals surface area contributed by atoms with Crippen LogP contribution in [-0.2, 0) is 0 Å². The van der Waals surface area contributed by atoms with Crippen LogP contribution >= 0.6 is 23.2 Å². The van der Waals surface area contributed by atoms with Crippen molar-refractivity contribution >= 4 is 29.1 Å². The minimum atomic E-state index is -0.343. The monoisotopic (exact) mass is 320 g/mol. The summed E-state index contributed by atoms with van der Waals surface area (Å²) in [5.41, 5.74) is 0.200. The topological polar surface area (TPSA) is 50.8 Å². The van der Waals surface area contributed by atoms with E-state index < -0.39 is 0 Å². The van der Waals surface area contributed by atoms with Crippen LogP contribution in [0.5, 0.6) is 11.5 Å². The first-order valence-corrected chi connectivity index (χ1v) is 6.70. The molecule has 0 fully saturated rings. The molecular weight excluding hydrogens is 303 g/mol. The van der Waals surface area contributed by atoms with Gasteiger partial charge in [-0.25, -0.2) is 0 Å². The van der Waals surface area contributed by atoms with Crippen molar-refractivity contribution in [3.63, 3.8) is 0 Å². The molecule has 0 aliphatic rings. The predicted octanol–water partition coefficient (Wildman–Crippen LogP) is 2.30. The van der Waals surface area contributed by atoms with Crippen LogP contribution < -0.4 is 14.8 Å². The number of hydrogen-bond acceptors (Lipinski definition) is 4. The second-order valence-electron chi connectivity index (χ2n) is 4.34. The van der Waals surface area contributed by atoms with Gasteiger partial charge in [0, 0.05) is 13.1 Å². The molecule has 20 heavy (non-hydrogen) atoms. The van der Waals surface area contributed by atoms with Crippen molar-refractivity contribution in [1.29, 1.82) is 0 Å². The Kier molecular flexibility index (Phi) is 6.39. The Morgan fingerprint density at radius 2 is 1.70 bits per heavy atom. The zero-order valence-corrected chi connectivity index (χ0v) is 13.4. The number of nitrogens with one attached hydrogen (secondary N) is 1. The predicted molar refractivity (Wildman–Crippen MR) is 80.5 cm³/mol. The molecule has 0 radical (unpaired) electrons. The van der Waals surface area contributed by atoms with Gasteiger partial charge < -0.3 is 19.7 Å². The van der Waals surface area contributed by atoms with Crippen LogP contribution in [0.2, 0.25) is 10.0 Å². The van der Waals surface area contributed by atoms with Crippen LogP contribution in [0.1, 0.15) is 10.4 Å². The number of hydrogen-bond donors (Lipinski definition) is 1. The van der Waals surface area contributed by atoms with E-state index in [2.05, 4.69) is 5.32 Å². The van der Waals surface area contributed by atoms with Crippen molar-refractivity contribution in [3.05, 3.63) is 21.7 Å². The summed E-state index contributed by atoms with van der Waals surface area (Å²) in [5, 5.41) is 3.30. The van der Waals surface area contributed by atoms with E-state index in [1.165, 1.54) is 20.3 Å². The molecule has 0 bridgehead atoms. The van der Waals surface area contributed by atoms with Gasteiger partial charge in [0.15, 0.2) is 11.5 Å². The molecule has 0 saturated heterocycles. The van der Waals surface area contributed by atoms with Crippen LogP contribution in [0, 0.1) is 0 Å². The second-order valence-corrected chi connectivity index (χ2v) is 5.16. The normalized spacial score (nSPS) is 10.6. The number of rotatable bonds is 6. The number of methoxy groups -OCH3 is 2. The lowest BCUT2D eigenvalue weighted by molar-refractivity contribution is 0.0945. The highest BCUT2D eigenvalue weighted by Crippen LogP contribution is 2.40. The molecule has 0 spiro atoms. The highest BCUT2D eigenvalue weighted by molar-refractivity contribution is 6.37. The van der Waals surface area contributed by atoms with E-state index in [1.807, 2.05) is 19.0 Å². The van der Waals surface area contributed by atoms with Crippen LogP contribution in [0.3, 0.4) is 0 Å². The quantitative estimate of drug-likeness (QED) is 0.873. The molecule has 0 saturated carbocycles. The van der Waals surface area contributed by atoms with E-state index in [1.54, 1.807) is 0 Å². The summed E-state index contributed by atoms with van der Waals surface area (Å²) in [5.74, 6) is 0.149. The Morgan fingerprint density at radius 1 is 1.20 bits per heavy atom. The number of ether oxygens (including phenoxy) is 2. The SMILES string of the molecule is COc1c(Cl)cc(Cl)c(OC)c1C(=O)NCCN(C)C. The fourth-order valence-electron chi connectivity index (χ4n) is 1.67. The zero-order valence-electron chi connectivity index (χ0n) is 11.9. The summed E-state index contributed by atoms with van der Waals surface area (Å²) < 4.78 is 10.4. The van der Waals surface area contributed by atoms with E-state index in [0.717, 1.165) is 0 Å². The molecule has 0 aliphatic carbocycles. The molecule has 1 amide bonds. The summed E-state index contributed by atoms with van der Waals surface area (Å²) >= 11 is 12.1. The van der Waals surface area contributed by atoms with Crippen molar-refractivity contribution < 1.29 is 14.3 Å². The van der Waals surface area contributed by atoms with Crippen molar-refractivity contribution in [3.8, 4) is 11.5 Å². The minimum absolute atomic E-state index is 0.200. The number of amides is 1. The minimum Gasteiger partial charge on any atom is -0.494 e. The number of benzene rings is 1. The Bertz CT molecular complexity index is 465. The van der Waals surface area contributed by atoms with Gasteiger partial charge in [0.2, 0.25) is 0 Å². The van der Waals surface area contributed by atoms with Gasteiger partial charge in [-0.3, -0.25) is 4.79 Å². The molecule has 1 N–H and O–H groups in total. The van der Waals surface area contributed by atoms with Crippen LogP contribution in [0.25, 0.3) is 0 Å². The molecule has 0 aliphatic heterocycles. The Hall–Kier alpha value is -1.17. The number of carbonyl (C=O) groups excluding carboxylic acids is 1. The number of halogens is 2. The maximum absolute atomic E-state index is 12.3. The third-order valence-electron chi connectivity index (χ3n) is 2.62. The summed E-state index contributed by atoms with van der Waals surface area (Å²) in [4.78, 5) is 14.2. The Morgan fingerprint density at radius 3 is 2.10 bits per heavy atom. The van der Waals surface area contributed by atoms with Crippen LogP contribution in [-0.4, -0.2) is 52.2 Å². The third kappa shape index (κ3) is 3.91.